The van der Waals surface area contributed by atoms with Gasteiger partial charge in [0.1, 0.15) is 11.0 Å². The molecule has 0 spiro atoms. The first-order chi connectivity index (χ1) is 9.46. The van der Waals surface area contributed by atoms with Crippen LogP contribution in [0, 0.1) is 5.92 Å². The monoisotopic (exact) mass is 297 g/mol. The summed E-state index contributed by atoms with van der Waals surface area (Å²) in [4.78, 5) is 16.3. The molecular formula is C15H24ClN3O. The van der Waals surface area contributed by atoms with Gasteiger partial charge >= 0.3 is 0 Å². The van der Waals surface area contributed by atoms with E-state index in [0.29, 0.717) is 22.5 Å². The van der Waals surface area contributed by atoms with Gasteiger partial charge in [0.25, 0.3) is 5.91 Å². The quantitative estimate of drug-likeness (QED) is 0.754. The van der Waals surface area contributed by atoms with Crippen molar-refractivity contribution >= 4 is 23.3 Å². The average molecular weight is 298 g/mol. The molecule has 1 aromatic heterocycles. The van der Waals surface area contributed by atoms with Crippen LogP contribution < -0.4 is 10.6 Å². The van der Waals surface area contributed by atoms with E-state index in [4.69, 9.17) is 11.6 Å². The van der Waals surface area contributed by atoms with Crippen molar-refractivity contribution in [3.05, 3.63) is 22.8 Å². The number of aromatic nitrogens is 1. The van der Waals surface area contributed by atoms with Crippen LogP contribution >= 0.6 is 11.6 Å². The third-order valence-electron chi connectivity index (χ3n) is 3.24. The summed E-state index contributed by atoms with van der Waals surface area (Å²) in [5.41, 5.74) is 0.539. The van der Waals surface area contributed by atoms with Gasteiger partial charge in [0.15, 0.2) is 0 Å². The van der Waals surface area contributed by atoms with Crippen molar-refractivity contribution in [3.8, 4) is 0 Å². The second-order valence-electron chi connectivity index (χ2n) is 5.22. The molecule has 4 nitrogen and oxygen atoms in total. The zero-order chi connectivity index (χ0) is 15.1. The molecular weight excluding hydrogens is 274 g/mol. The number of rotatable bonds is 7. The molecule has 0 aromatic carbocycles. The number of nitrogens with zero attached hydrogens (tertiary/aromatic N) is 1. The summed E-state index contributed by atoms with van der Waals surface area (Å²) in [6.07, 6.45) is 2.09. The minimum absolute atomic E-state index is 0.107. The molecule has 0 aliphatic heterocycles. The van der Waals surface area contributed by atoms with E-state index in [1.165, 1.54) is 0 Å². The van der Waals surface area contributed by atoms with Crippen LogP contribution in [0.4, 0.5) is 5.82 Å². The molecule has 112 valence electrons. The fourth-order valence-electron chi connectivity index (χ4n) is 2.04. The average Bonchev–Trinajstić information content (AvgIpc) is 2.38. The Bertz CT molecular complexity index is 451. The summed E-state index contributed by atoms with van der Waals surface area (Å²) in [7, 11) is 0. The standard InChI is InChI=1S/C15H24ClN3O/c1-5-10(3)7-11(4)18-15(20)12-8-13(16)19-14(9-12)17-6-2/h8-11H,5-7H2,1-4H3,(H,17,19)(H,18,20). The van der Waals surface area contributed by atoms with Gasteiger partial charge in [-0.05, 0) is 38.3 Å². The van der Waals surface area contributed by atoms with Crippen molar-refractivity contribution < 1.29 is 4.79 Å². The zero-order valence-electron chi connectivity index (χ0n) is 12.7. The highest BCUT2D eigenvalue weighted by Gasteiger charge is 2.13. The third-order valence-corrected chi connectivity index (χ3v) is 3.44. The lowest BCUT2D eigenvalue weighted by molar-refractivity contribution is 0.0935. The summed E-state index contributed by atoms with van der Waals surface area (Å²) in [6, 6.07) is 3.46. The number of carbonyl (C=O) groups is 1. The normalized spacial score (nSPS) is 13.7. The first-order valence-electron chi connectivity index (χ1n) is 7.18. The Balaban J connectivity index is 2.71. The predicted molar refractivity (Wildman–Crippen MR) is 84.4 cm³/mol. The fraction of sp³-hybridized carbons (Fsp3) is 0.600. The van der Waals surface area contributed by atoms with E-state index < -0.39 is 0 Å². The number of hydrogen-bond acceptors (Lipinski definition) is 3. The van der Waals surface area contributed by atoms with Gasteiger partial charge in [-0.15, -0.1) is 0 Å². The van der Waals surface area contributed by atoms with Crippen molar-refractivity contribution in [2.45, 2.75) is 46.6 Å². The highest BCUT2D eigenvalue weighted by molar-refractivity contribution is 6.29. The van der Waals surface area contributed by atoms with Gasteiger partial charge in [-0.25, -0.2) is 4.98 Å². The Morgan fingerprint density at radius 2 is 2.05 bits per heavy atom. The summed E-state index contributed by atoms with van der Waals surface area (Å²) in [5, 5.41) is 6.39. The Hall–Kier alpha value is -1.29. The molecule has 0 aliphatic rings. The number of pyridine rings is 1. The maximum atomic E-state index is 12.2. The first kappa shape index (κ1) is 16.8. The molecule has 0 aliphatic carbocycles. The predicted octanol–water partition coefficient (Wildman–Crippen LogP) is 3.72. The lowest BCUT2D eigenvalue weighted by atomic mass is 10.0. The number of nitrogens with one attached hydrogen (secondary N) is 2. The van der Waals surface area contributed by atoms with Crippen molar-refractivity contribution in [3.63, 3.8) is 0 Å². The molecule has 0 fully saturated rings. The van der Waals surface area contributed by atoms with Gasteiger partial charge < -0.3 is 10.6 Å². The number of anilines is 1. The smallest absolute Gasteiger partial charge is 0.251 e. The molecule has 1 amide bonds. The lowest BCUT2D eigenvalue weighted by Gasteiger charge is -2.17. The Labute approximate surface area is 126 Å². The van der Waals surface area contributed by atoms with Crippen LogP contribution in [0.15, 0.2) is 12.1 Å². The van der Waals surface area contributed by atoms with Crippen LogP contribution in [0.3, 0.4) is 0 Å². The number of hydrogen-bond donors (Lipinski definition) is 2. The molecule has 2 unspecified atom stereocenters. The largest absolute Gasteiger partial charge is 0.370 e. The van der Waals surface area contributed by atoms with Gasteiger partial charge in [-0.2, -0.15) is 0 Å². The highest BCUT2D eigenvalue weighted by Crippen LogP contribution is 2.15. The van der Waals surface area contributed by atoms with E-state index in [1.807, 2.05) is 13.8 Å². The van der Waals surface area contributed by atoms with Crippen molar-refractivity contribution in [2.75, 3.05) is 11.9 Å². The highest BCUT2D eigenvalue weighted by atomic mass is 35.5. The number of amides is 1. The third kappa shape index (κ3) is 5.37. The Kier molecular flexibility index (Phi) is 6.79. The summed E-state index contributed by atoms with van der Waals surface area (Å²) >= 11 is 5.94. The Morgan fingerprint density at radius 1 is 1.35 bits per heavy atom. The van der Waals surface area contributed by atoms with E-state index in [9.17, 15) is 4.79 Å². The fourth-order valence-corrected chi connectivity index (χ4v) is 2.24. The Morgan fingerprint density at radius 3 is 2.65 bits per heavy atom. The van der Waals surface area contributed by atoms with Gasteiger partial charge in [-0.1, -0.05) is 31.9 Å². The van der Waals surface area contributed by atoms with Gasteiger partial charge in [0, 0.05) is 18.2 Å². The first-order valence-corrected chi connectivity index (χ1v) is 7.56. The van der Waals surface area contributed by atoms with E-state index in [-0.39, 0.29) is 11.9 Å². The van der Waals surface area contributed by atoms with E-state index >= 15 is 0 Å². The molecule has 2 N–H and O–H groups in total. The molecule has 1 rings (SSSR count). The summed E-state index contributed by atoms with van der Waals surface area (Å²) in [5.74, 6) is 1.12. The molecule has 20 heavy (non-hydrogen) atoms. The molecule has 1 heterocycles. The number of halogens is 1. The SMILES string of the molecule is CCNc1cc(C(=O)NC(C)CC(C)CC)cc(Cl)n1. The maximum absolute atomic E-state index is 12.2. The number of carbonyl (C=O) groups excluding carboxylic acids is 1. The van der Waals surface area contributed by atoms with Crippen LogP contribution in [-0.4, -0.2) is 23.5 Å². The molecule has 2 atom stereocenters. The van der Waals surface area contributed by atoms with Crippen LogP contribution in [0.25, 0.3) is 0 Å². The zero-order valence-corrected chi connectivity index (χ0v) is 13.4. The molecule has 5 heteroatoms. The molecule has 1 aromatic rings. The summed E-state index contributed by atoms with van der Waals surface area (Å²) in [6.45, 7) is 9.08. The van der Waals surface area contributed by atoms with Gasteiger partial charge in [-0.3, -0.25) is 4.79 Å². The second kappa shape index (κ2) is 8.10. The van der Waals surface area contributed by atoms with Crippen LogP contribution in [0.1, 0.15) is 50.9 Å². The van der Waals surface area contributed by atoms with E-state index in [1.54, 1.807) is 12.1 Å². The van der Waals surface area contributed by atoms with Gasteiger partial charge in [0.05, 0.1) is 0 Å². The van der Waals surface area contributed by atoms with E-state index in [0.717, 1.165) is 19.4 Å². The van der Waals surface area contributed by atoms with Crippen molar-refractivity contribution in [1.82, 2.24) is 10.3 Å². The van der Waals surface area contributed by atoms with Gasteiger partial charge in [0.2, 0.25) is 0 Å². The minimum Gasteiger partial charge on any atom is -0.370 e. The topological polar surface area (TPSA) is 54.0 Å². The molecule has 0 bridgehead atoms. The van der Waals surface area contributed by atoms with E-state index in [2.05, 4.69) is 29.5 Å². The summed E-state index contributed by atoms with van der Waals surface area (Å²) < 4.78 is 0. The molecule has 0 radical (unpaired) electrons. The van der Waals surface area contributed by atoms with Crippen LogP contribution in [0.5, 0.6) is 0 Å². The van der Waals surface area contributed by atoms with Crippen LogP contribution in [0.2, 0.25) is 5.15 Å². The lowest BCUT2D eigenvalue weighted by Crippen LogP contribution is -2.33. The molecule has 0 saturated carbocycles. The minimum atomic E-state index is -0.107. The van der Waals surface area contributed by atoms with Crippen molar-refractivity contribution in [1.29, 1.82) is 0 Å². The molecule has 0 saturated heterocycles. The van der Waals surface area contributed by atoms with Crippen LogP contribution in [-0.2, 0) is 0 Å². The second-order valence-corrected chi connectivity index (χ2v) is 5.60. The maximum Gasteiger partial charge on any atom is 0.251 e. The van der Waals surface area contributed by atoms with Crippen molar-refractivity contribution in [2.24, 2.45) is 5.92 Å².